The van der Waals surface area contributed by atoms with Crippen LogP contribution in [-0.2, 0) is 11.3 Å². The van der Waals surface area contributed by atoms with E-state index in [4.69, 9.17) is 18.9 Å². The number of benzene rings is 2. The summed E-state index contributed by atoms with van der Waals surface area (Å²) in [6, 6.07) is 16.8. The molecule has 45 heavy (non-hydrogen) atoms. The first-order valence-electron chi connectivity index (χ1n) is 14.3. The number of fused-ring (bicyclic) bond motifs is 7. The van der Waals surface area contributed by atoms with E-state index in [1.165, 1.54) is 26.6 Å². The second-order valence-electron chi connectivity index (χ2n) is 10.6. The number of methoxy groups -OCH3 is 2. The molecule has 4 aromatic rings. The summed E-state index contributed by atoms with van der Waals surface area (Å²) in [5.74, 6) is 0.885. The van der Waals surface area contributed by atoms with Gasteiger partial charge in [-0.1, -0.05) is 12.1 Å². The third-order valence-corrected chi connectivity index (χ3v) is 7.62. The van der Waals surface area contributed by atoms with Gasteiger partial charge in [-0.2, -0.15) is 0 Å². The number of carbonyl (C=O) groups excluding carboxylic acids is 3. The van der Waals surface area contributed by atoms with Gasteiger partial charge in [-0.05, 0) is 42.0 Å². The van der Waals surface area contributed by atoms with Crippen LogP contribution in [0.4, 0.5) is 0 Å². The van der Waals surface area contributed by atoms with E-state index in [0.29, 0.717) is 39.8 Å². The van der Waals surface area contributed by atoms with Gasteiger partial charge in [0.15, 0.2) is 6.61 Å². The third kappa shape index (κ3) is 6.64. The monoisotopic (exact) mass is 609 g/mol. The highest BCUT2D eigenvalue weighted by atomic mass is 16.5. The van der Waals surface area contributed by atoms with Gasteiger partial charge in [0.05, 0.1) is 32.4 Å². The van der Waals surface area contributed by atoms with E-state index in [0.717, 1.165) is 11.1 Å². The molecule has 0 aliphatic carbocycles. The lowest BCUT2D eigenvalue weighted by molar-refractivity contribution is -0.123. The van der Waals surface area contributed by atoms with Crippen LogP contribution in [0.2, 0.25) is 0 Å². The van der Waals surface area contributed by atoms with Crippen molar-refractivity contribution in [3.63, 3.8) is 0 Å². The summed E-state index contributed by atoms with van der Waals surface area (Å²) in [4.78, 5) is 49.7. The number of carbonyl (C=O) groups is 3. The van der Waals surface area contributed by atoms with Crippen molar-refractivity contribution in [3.05, 3.63) is 95.9 Å². The van der Waals surface area contributed by atoms with E-state index in [9.17, 15) is 14.4 Å². The fraction of sp³-hybridized carbons (Fsp3) is 0.242. The molecule has 5 heterocycles. The minimum absolute atomic E-state index is 0.182. The van der Waals surface area contributed by atoms with Gasteiger partial charge in [-0.15, -0.1) is 0 Å². The van der Waals surface area contributed by atoms with Gasteiger partial charge in [0.2, 0.25) is 5.88 Å². The van der Waals surface area contributed by atoms with Gasteiger partial charge in [-0.25, -0.2) is 4.98 Å². The number of rotatable bonds is 3. The van der Waals surface area contributed by atoms with E-state index >= 15 is 0 Å². The molecule has 12 nitrogen and oxygen atoms in total. The van der Waals surface area contributed by atoms with Gasteiger partial charge in [-0.3, -0.25) is 19.4 Å². The van der Waals surface area contributed by atoms with E-state index in [2.05, 4.69) is 20.6 Å². The van der Waals surface area contributed by atoms with Gasteiger partial charge >= 0.3 is 0 Å². The summed E-state index contributed by atoms with van der Waals surface area (Å²) in [5, 5.41) is 5.92. The first-order valence-corrected chi connectivity index (χ1v) is 14.3. The van der Waals surface area contributed by atoms with Gasteiger partial charge in [0.25, 0.3) is 17.7 Å². The maximum absolute atomic E-state index is 13.6. The zero-order valence-electron chi connectivity index (χ0n) is 24.7. The lowest BCUT2D eigenvalue weighted by atomic mass is 10.1. The number of hydrogen-bond acceptors (Lipinski definition) is 9. The maximum atomic E-state index is 13.6. The third-order valence-electron chi connectivity index (χ3n) is 7.62. The predicted molar refractivity (Wildman–Crippen MR) is 162 cm³/mol. The highest BCUT2D eigenvalue weighted by molar-refractivity contribution is 5.96. The fourth-order valence-corrected chi connectivity index (χ4v) is 5.29. The predicted octanol–water partition coefficient (Wildman–Crippen LogP) is 2.87. The van der Waals surface area contributed by atoms with Crippen molar-refractivity contribution < 1.29 is 33.3 Å². The topological polar surface area (TPSA) is 141 Å². The number of pyridine rings is 2. The Morgan fingerprint density at radius 3 is 2.64 bits per heavy atom. The summed E-state index contributed by atoms with van der Waals surface area (Å²) in [6.45, 7) is 0.440. The molecule has 1 saturated heterocycles. The minimum atomic E-state index is -0.590. The van der Waals surface area contributed by atoms with Crippen molar-refractivity contribution in [1.82, 2.24) is 25.5 Å². The second-order valence-corrected chi connectivity index (χ2v) is 10.6. The summed E-state index contributed by atoms with van der Waals surface area (Å²) in [7, 11) is 3.01. The number of nitrogens with one attached hydrogen (secondary N) is 2. The number of nitrogens with zero attached hydrogens (tertiary/aromatic N) is 3. The van der Waals surface area contributed by atoms with Crippen LogP contribution in [-0.4, -0.2) is 78.7 Å². The molecule has 2 aromatic heterocycles. The second kappa shape index (κ2) is 12.9. The van der Waals surface area contributed by atoms with Gasteiger partial charge in [0.1, 0.15) is 23.4 Å². The first kappa shape index (κ1) is 29.4. The molecule has 2 N–H and O–H groups in total. The van der Waals surface area contributed by atoms with Crippen LogP contribution < -0.4 is 29.6 Å². The van der Waals surface area contributed by atoms with Gasteiger partial charge < -0.3 is 34.5 Å². The molecule has 3 amide bonds. The molecule has 230 valence electrons. The Morgan fingerprint density at radius 1 is 0.933 bits per heavy atom. The van der Waals surface area contributed by atoms with Crippen LogP contribution in [0.15, 0.2) is 79.3 Å². The van der Waals surface area contributed by atoms with Crippen LogP contribution in [0.25, 0.3) is 11.1 Å². The molecule has 0 radical (unpaired) electrons. The Hall–Kier alpha value is -5.65. The minimum Gasteiger partial charge on any atom is -0.496 e. The quantitative estimate of drug-likeness (QED) is 0.359. The fourth-order valence-electron chi connectivity index (χ4n) is 5.29. The molecule has 2 atom stereocenters. The smallest absolute Gasteiger partial charge is 0.258 e. The average molecular weight is 610 g/mol. The molecule has 3 aliphatic rings. The largest absolute Gasteiger partial charge is 0.496 e. The highest BCUT2D eigenvalue weighted by Gasteiger charge is 2.38. The molecule has 0 saturated carbocycles. The number of hydrogen-bond donors (Lipinski definition) is 2. The van der Waals surface area contributed by atoms with Crippen molar-refractivity contribution in [2.75, 3.05) is 33.9 Å². The Bertz CT molecular complexity index is 1750. The molecule has 0 spiro atoms. The van der Waals surface area contributed by atoms with E-state index in [1.807, 2.05) is 6.07 Å². The SMILES string of the molecule is COc1cc(C(=O)N2C[C@@H]3NC(=O)c4cncc(c4)-c4cccc(c4)OCC(=O)NCc4ccc(cc4OC)O[C@H]3C2)ccn1. The number of likely N-dealkylation sites (tertiary alicyclic amines) is 1. The van der Waals surface area contributed by atoms with Crippen LogP contribution in [0.1, 0.15) is 26.3 Å². The van der Waals surface area contributed by atoms with Crippen molar-refractivity contribution in [3.8, 4) is 34.3 Å². The molecule has 3 aliphatic heterocycles. The zero-order valence-corrected chi connectivity index (χ0v) is 24.7. The van der Waals surface area contributed by atoms with E-state index in [1.54, 1.807) is 65.7 Å². The summed E-state index contributed by atoms with van der Waals surface area (Å²) >= 11 is 0. The van der Waals surface area contributed by atoms with Crippen molar-refractivity contribution >= 4 is 17.7 Å². The normalized spacial score (nSPS) is 18.0. The van der Waals surface area contributed by atoms with Crippen LogP contribution in [0.3, 0.4) is 0 Å². The van der Waals surface area contributed by atoms with Crippen molar-refractivity contribution in [2.45, 2.75) is 18.7 Å². The van der Waals surface area contributed by atoms with Crippen LogP contribution >= 0.6 is 0 Å². The highest BCUT2D eigenvalue weighted by Crippen LogP contribution is 2.29. The lowest BCUT2D eigenvalue weighted by Gasteiger charge is -2.22. The summed E-state index contributed by atoms with van der Waals surface area (Å²) < 4.78 is 22.9. The average Bonchev–Trinajstić information content (AvgIpc) is 3.47. The number of aromatic nitrogens is 2. The Morgan fingerprint density at radius 2 is 1.80 bits per heavy atom. The zero-order chi connectivity index (χ0) is 31.3. The molecule has 1 fully saturated rings. The molecule has 7 rings (SSSR count). The Balaban J connectivity index is 1.34. The summed E-state index contributed by atoms with van der Waals surface area (Å²) in [5.41, 5.74) is 2.93. The standard InChI is InChI=1S/C33H31N5O7/c1-42-28-13-26-7-6-22(28)16-36-30(39)19-44-25-5-3-4-20(11-25)23-10-24(15-34-14-23)32(40)37-27-17-38(18-29(27)45-26)33(41)21-8-9-35-31(12-21)43-2/h3-15,27,29H,16-19H2,1-2H3,(H,36,39)(H,37,40)/t27-,29-/m0/s1. The summed E-state index contributed by atoms with van der Waals surface area (Å²) in [6.07, 6.45) is 4.05. The number of amides is 3. The molecule has 6 bridgehead atoms. The van der Waals surface area contributed by atoms with Crippen molar-refractivity contribution in [2.24, 2.45) is 0 Å². The Kier molecular flexibility index (Phi) is 8.45. The molecular weight excluding hydrogens is 578 g/mol. The van der Waals surface area contributed by atoms with Crippen molar-refractivity contribution in [1.29, 1.82) is 0 Å². The van der Waals surface area contributed by atoms with Gasteiger partial charge in [0, 0.05) is 60.5 Å². The Labute approximate surface area is 259 Å². The van der Waals surface area contributed by atoms with E-state index in [-0.39, 0.29) is 44.0 Å². The molecule has 2 aromatic carbocycles. The number of ether oxygens (including phenoxy) is 4. The van der Waals surface area contributed by atoms with E-state index < -0.39 is 12.1 Å². The van der Waals surface area contributed by atoms with Crippen LogP contribution in [0, 0.1) is 0 Å². The first-order chi connectivity index (χ1) is 21.9. The molecule has 12 heteroatoms. The molecule has 0 unspecified atom stereocenters. The van der Waals surface area contributed by atoms with Crippen LogP contribution in [0.5, 0.6) is 23.1 Å². The molecular formula is C33H31N5O7. The maximum Gasteiger partial charge on any atom is 0.258 e. The lowest BCUT2D eigenvalue weighted by Crippen LogP contribution is -2.45.